The number of hydrogen-bond donors (Lipinski definition) is 2. The summed E-state index contributed by atoms with van der Waals surface area (Å²) in [4.78, 5) is 29.7. The Bertz CT molecular complexity index is 2090. The normalized spacial score (nSPS) is 20.9. The topological polar surface area (TPSA) is 119 Å². The highest BCUT2D eigenvalue weighted by atomic mass is 35.5. The molecule has 2 N–H and O–H groups in total. The third kappa shape index (κ3) is 6.90. The van der Waals surface area contributed by atoms with Crippen LogP contribution in [0.25, 0.3) is 0 Å². The number of benzene rings is 4. The van der Waals surface area contributed by atoms with Crippen LogP contribution in [0.2, 0.25) is 23.7 Å². The first-order valence-electron chi connectivity index (χ1n) is 17.9. The molecule has 2 aliphatic heterocycles. The van der Waals surface area contributed by atoms with Crippen LogP contribution in [0, 0.1) is 5.92 Å². The molecular weight excluding hydrogens is 706 g/mol. The summed E-state index contributed by atoms with van der Waals surface area (Å²) < 4.78 is 14.5. The first-order chi connectivity index (χ1) is 25.5. The predicted octanol–water partition coefficient (Wildman–Crippen LogP) is 6.58. The number of carbonyl (C=O) groups excluding carboxylic acids is 2. The van der Waals surface area contributed by atoms with Crippen molar-refractivity contribution in [1.29, 1.82) is 0 Å². The average molecular weight is 750 g/mol. The van der Waals surface area contributed by atoms with Gasteiger partial charge < -0.3 is 24.8 Å². The Kier molecular flexibility index (Phi) is 10.3. The average Bonchev–Trinajstić information content (AvgIpc) is 3.81. The Morgan fingerprint density at radius 1 is 1.04 bits per heavy atom. The number of nitrogens with one attached hydrogen (secondary N) is 1. The van der Waals surface area contributed by atoms with Gasteiger partial charge in [-0.15, -0.1) is 5.10 Å². The number of anilines is 2. The monoisotopic (exact) mass is 749 g/mol. The number of amides is 2. The van der Waals surface area contributed by atoms with Crippen molar-refractivity contribution in [2.45, 2.75) is 63.2 Å². The Hall–Kier alpha value is -4.81. The molecule has 1 saturated heterocycles. The molecule has 0 saturated carbocycles. The van der Waals surface area contributed by atoms with Gasteiger partial charge in [-0.3, -0.25) is 14.3 Å². The van der Waals surface area contributed by atoms with E-state index in [-0.39, 0.29) is 36.0 Å². The summed E-state index contributed by atoms with van der Waals surface area (Å²) in [5.74, 6) is 0.306. The van der Waals surface area contributed by atoms with Crippen LogP contribution in [0.1, 0.15) is 40.5 Å². The number of aliphatic hydroxyl groups is 1. The molecule has 1 fully saturated rings. The van der Waals surface area contributed by atoms with Crippen molar-refractivity contribution in [3.05, 3.63) is 131 Å². The fourth-order valence-electron chi connectivity index (χ4n) is 8.32. The number of carbonyl (C=O) groups is 2. The van der Waals surface area contributed by atoms with Crippen molar-refractivity contribution >= 4 is 48.1 Å². The SMILES string of the molecule is COc1ccc([Si](C)(C)[C@H]2[C@H](CCn3cc(CCO)nn3)O[C@@]3(C(=O)N(Cc4ccc(NC(=O)c5ccccc5)cc4)c4ccc(Cl)cc43)[C@@H]2C)cc1. The van der Waals surface area contributed by atoms with Crippen molar-refractivity contribution in [1.82, 2.24) is 15.0 Å². The summed E-state index contributed by atoms with van der Waals surface area (Å²) in [7, 11) is -0.684. The van der Waals surface area contributed by atoms with E-state index in [0.717, 1.165) is 28.3 Å². The summed E-state index contributed by atoms with van der Waals surface area (Å²) in [6.45, 7) is 7.74. The van der Waals surface area contributed by atoms with Gasteiger partial charge in [-0.05, 0) is 72.1 Å². The van der Waals surface area contributed by atoms with Crippen LogP contribution in [-0.2, 0) is 34.6 Å². The zero-order valence-corrected chi connectivity index (χ0v) is 32.1. The molecule has 2 aliphatic rings. The number of hydrogen-bond acceptors (Lipinski definition) is 7. The molecular formula is C41H44ClN5O5Si. The summed E-state index contributed by atoms with van der Waals surface area (Å²) in [6, 6.07) is 30.6. The number of nitrogens with zero attached hydrogens (tertiary/aromatic N) is 4. The van der Waals surface area contributed by atoms with E-state index in [0.29, 0.717) is 42.2 Å². The molecule has 0 aliphatic carbocycles. The van der Waals surface area contributed by atoms with Crippen LogP contribution < -0.4 is 20.1 Å². The summed E-state index contributed by atoms with van der Waals surface area (Å²) in [6.07, 6.45) is 2.64. The third-order valence-corrected chi connectivity index (χ3v) is 15.6. The molecule has 4 atom stereocenters. The van der Waals surface area contributed by atoms with E-state index in [2.05, 4.69) is 47.8 Å². The van der Waals surface area contributed by atoms with E-state index < -0.39 is 13.7 Å². The maximum absolute atomic E-state index is 15.1. The van der Waals surface area contributed by atoms with Gasteiger partial charge in [0.05, 0.1) is 39.2 Å². The second kappa shape index (κ2) is 14.9. The lowest BCUT2D eigenvalue weighted by Gasteiger charge is -2.37. The highest BCUT2D eigenvalue weighted by molar-refractivity contribution is 6.91. The molecule has 0 radical (unpaired) electrons. The Morgan fingerprint density at radius 2 is 1.77 bits per heavy atom. The molecule has 12 heteroatoms. The van der Waals surface area contributed by atoms with Gasteiger partial charge in [0.2, 0.25) is 0 Å². The molecule has 0 bridgehead atoms. The van der Waals surface area contributed by atoms with Crippen LogP contribution in [0.3, 0.4) is 0 Å². The van der Waals surface area contributed by atoms with E-state index in [4.69, 9.17) is 21.1 Å². The first-order valence-corrected chi connectivity index (χ1v) is 21.4. The van der Waals surface area contributed by atoms with Crippen molar-refractivity contribution in [3.8, 4) is 5.75 Å². The van der Waals surface area contributed by atoms with Gasteiger partial charge in [-0.25, -0.2) is 0 Å². The van der Waals surface area contributed by atoms with Crippen molar-refractivity contribution in [2.75, 3.05) is 23.9 Å². The molecule has 5 aromatic rings. The molecule has 0 unspecified atom stereocenters. The zero-order valence-electron chi connectivity index (χ0n) is 30.3. The zero-order chi connectivity index (χ0) is 37.3. The number of halogens is 1. The Morgan fingerprint density at radius 3 is 2.47 bits per heavy atom. The lowest BCUT2D eigenvalue weighted by molar-refractivity contribution is -0.146. The van der Waals surface area contributed by atoms with Crippen molar-refractivity contribution < 1.29 is 24.2 Å². The fraction of sp³-hybridized carbons (Fsp3) is 0.317. The van der Waals surface area contributed by atoms with E-state index in [1.54, 1.807) is 23.9 Å². The minimum Gasteiger partial charge on any atom is -0.497 e. The molecule has 274 valence electrons. The minimum atomic E-state index is -2.35. The van der Waals surface area contributed by atoms with Crippen LogP contribution in [-0.4, -0.2) is 59.8 Å². The number of fused-ring (bicyclic) bond motifs is 2. The summed E-state index contributed by atoms with van der Waals surface area (Å²) in [5, 5.41) is 22.7. The highest BCUT2D eigenvalue weighted by Crippen LogP contribution is 2.60. The molecule has 7 rings (SSSR count). The molecule has 10 nitrogen and oxygen atoms in total. The van der Waals surface area contributed by atoms with Gasteiger partial charge in [0, 0.05) is 53.5 Å². The smallest absolute Gasteiger partial charge is 0.264 e. The molecule has 4 aromatic carbocycles. The second-order valence-electron chi connectivity index (χ2n) is 14.5. The molecule has 53 heavy (non-hydrogen) atoms. The Balaban J connectivity index is 1.21. The second-order valence-corrected chi connectivity index (χ2v) is 19.6. The maximum Gasteiger partial charge on any atom is 0.264 e. The van der Waals surface area contributed by atoms with E-state index >= 15 is 4.79 Å². The quantitative estimate of drug-likeness (QED) is 0.138. The van der Waals surface area contributed by atoms with Crippen molar-refractivity contribution in [3.63, 3.8) is 0 Å². The number of aryl methyl sites for hydroxylation is 1. The highest BCUT2D eigenvalue weighted by Gasteiger charge is 2.66. The number of aromatic nitrogens is 3. The molecule has 1 spiro atoms. The lowest BCUT2D eigenvalue weighted by atomic mass is 9.82. The molecule has 3 heterocycles. The first kappa shape index (κ1) is 36.5. The number of aliphatic hydroxyl groups excluding tert-OH is 1. The van der Waals surface area contributed by atoms with Gasteiger partial charge in [-0.2, -0.15) is 0 Å². The molecule has 2 amide bonds. The van der Waals surface area contributed by atoms with Gasteiger partial charge >= 0.3 is 0 Å². The van der Waals surface area contributed by atoms with Crippen LogP contribution in [0.15, 0.2) is 103 Å². The third-order valence-electron chi connectivity index (χ3n) is 11.0. The number of methoxy groups -OCH3 is 1. The largest absolute Gasteiger partial charge is 0.497 e. The van der Waals surface area contributed by atoms with Crippen LogP contribution in [0.4, 0.5) is 11.4 Å². The lowest BCUT2D eigenvalue weighted by Crippen LogP contribution is -2.51. The van der Waals surface area contributed by atoms with Crippen molar-refractivity contribution in [2.24, 2.45) is 5.92 Å². The van der Waals surface area contributed by atoms with Gasteiger partial charge in [0.15, 0.2) is 5.60 Å². The van der Waals surface area contributed by atoms with E-state index in [1.807, 2.05) is 83.9 Å². The Labute approximate surface area is 315 Å². The van der Waals surface area contributed by atoms with Crippen LogP contribution in [0.5, 0.6) is 5.75 Å². The van der Waals surface area contributed by atoms with Gasteiger partial charge in [0.1, 0.15) is 5.75 Å². The summed E-state index contributed by atoms with van der Waals surface area (Å²) >= 11 is 6.69. The standard InChI is InChI=1S/C41H44ClN5O5Si/c1-27-38(53(3,4)34-17-15-33(51-2)16-18-34)37(20-22-46-26-32(21-23-48)44-45-46)52-41(27)35-24-30(42)12-19-36(35)47(40(41)50)25-28-10-13-31(14-11-28)43-39(49)29-8-6-5-7-9-29/h5-19,24,26-27,37-38,48H,20-23,25H2,1-4H3,(H,43,49)/t27-,37+,38-,41+/m1/s1. The predicted molar refractivity (Wildman–Crippen MR) is 208 cm³/mol. The van der Waals surface area contributed by atoms with Gasteiger partial charge in [0.25, 0.3) is 11.8 Å². The van der Waals surface area contributed by atoms with Gasteiger partial charge in [-0.1, -0.05) is 84.5 Å². The minimum absolute atomic E-state index is 0.00371. The fourth-order valence-corrected chi connectivity index (χ4v) is 12.5. The number of ether oxygens (including phenoxy) is 2. The number of rotatable bonds is 12. The van der Waals surface area contributed by atoms with Crippen LogP contribution >= 0.6 is 11.6 Å². The van der Waals surface area contributed by atoms with E-state index in [9.17, 15) is 9.90 Å². The molecule has 1 aromatic heterocycles. The maximum atomic E-state index is 15.1. The summed E-state index contributed by atoms with van der Waals surface area (Å²) in [5.41, 5.74) is 3.23. The van der Waals surface area contributed by atoms with E-state index in [1.165, 1.54) is 5.19 Å².